The van der Waals surface area contributed by atoms with Gasteiger partial charge in [-0.05, 0) is 47.5 Å². The van der Waals surface area contributed by atoms with Crippen LogP contribution in [0, 0.1) is 5.82 Å². The molecule has 1 amide bonds. The highest BCUT2D eigenvalue weighted by Gasteiger charge is 2.33. The number of carbonyl (C=O) groups excluding carboxylic acids is 1. The second-order valence-corrected chi connectivity index (χ2v) is 9.61. The van der Waals surface area contributed by atoms with E-state index in [4.69, 9.17) is 16.3 Å². The van der Waals surface area contributed by atoms with Crippen LogP contribution in [0.15, 0.2) is 53.6 Å². The Morgan fingerprint density at radius 1 is 1.12 bits per heavy atom. The topological polar surface area (TPSA) is 85.4 Å². The molecular weight excluding hydrogens is 500 g/mol. The summed E-state index contributed by atoms with van der Waals surface area (Å²) in [7, 11) is -2.67. The zero-order chi connectivity index (χ0) is 25.3. The maximum atomic E-state index is 13.6. The summed E-state index contributed by atoms with van der Waals surface area (Å²) in [6, 6.07) is 7.15. The quantitative estimate of drug-likeness (QED) is 0.372. The fourth-order valence-corrected chi connectivity index (χ4v) is 3.96. The first-order chi connectivity index (χ1) is 15.8. The monoisotopic (exact) mass is 516 g/mol. The van der Waals surface area contributed by atoms with Gasteiger partial charge in [-0.25, -0.2) is 17.8 Å². The number of sulfone groups is 1. The third-order valence-corrected chi connectivity index (χ3v) is 6.07. The number of nitrogens with zero attached hydrogens (tertiary/aromatic N) is 1. The Kier molecular flexibility index (Phi) is 7.18. The lowest BCUT2D eigenvalue weighted by atomic mass is 10.0. The smallest absolute Gasteiger partial charge is 0.416 e. The molecule has 0 spiro atoms. The summed E-state index contributed by atoms with van der Waals surface area (Å²) in [6.45, 7) is -0.205. The average Bonchev–Trinajstić information content (AvgIpc) is 2.76. The number of benzene rings is 2. The number of methoxy groups -OCH3 is 1. The van der Waals surface area contributed by atoms with Gasteiger partial charge in [0.2, 0.25) is 0 Å². The van der Waals surface area contributed by atoms with E-state index in [0.29, 0.717) is 28.8 Å². The Morgan fingerprint density at radius 3 is 2.44 bits per heavy atom. The number of hydrogen-bond acceptors (Lipinski definition) is 5. The lowest BCUT2D eigenvalue weighted by molar-refractivity contribution is -0.137. The van der Waals surface area contributed by atoms with E-state index in [1.807, 2.05) is 0 Å². The molecular formula is C22H17ClF4N2O4S. The van der Waals surface area contributed by atoms with Crippen molar-refractivity contribution in [1.29, 1.82) is 0 Å². The summed E-state index contributed by atoms with van der Waals surface area (Å²) >= 11 is 6.00. The van der Waals surface area contributed by atoms with Crippen LogP contribution in [0.1, 0.15) is 21.5 Å². The van der Waals surface area contributed by atoms with Crippen molar-refractivity contribution in [1.82, 2.24) is 10.3 Å². The predicted molar refractivity (Wildman–Crippen MR) is 117 cm³/mol. The molecule has 3 aromatic rings. The minimum Gasteiger partial charge on any atom is -0.496 e. The van der Waals surface area contributed by atoms with Gasteiger partial charge in [0.1, 0.15) is 16.7 Å². The Hall–Kier alpha value is -3.18. The molecule has 1 heterocycles. The largest absolute Gasteiger partial charge is 0.496 e. The third-order valence-electron chi connectivity index (χ3n) is 4.77. The van der Waals surface area contributed by atoms with Crippen molar-refractivity contribution in [2.45, 2.75) is 17.6 Å². The van der Waals surface area contributed by atoms with Crippen molar-refractivity contribution in [2.24, 2.45) is 0 Å². The summed E-state index contributed by atoms with van der Waals surface area (Å²) in [4.78, 5) is 16.0. The molecule has 0 aliphatic heterocycles. The maximum Gasteiger partial charge on any atom is 0.416 e. The van der Waals surface area contributed by atoms with E-state index < -0.39 is 43.8 Å². The van der Waals surface area contributed by atoms with Gasteiger partial charge in [-0.2, -0.15) is 13.2 Å². The lowest BCUT2D eigenvalue weighted by Crippen LogP contribution is -2.24. The van der Waals surface area contributed by atoms with Gasteiger partial charge in [0, 0.05) is 36.2 Å². The molecule has 0 aliphatic rings. The number of amides is 1. The van der Waals surface area contributed by atoms with Gasteiger partial charge in [-0.3, -0.25) is 4.79 Å². The first kappa shape index (κ1) is 25.4. The van der Waals surface area contributed by atoms with Crippen LogP contribution < -0.4 is 10.1 Å². The number of hydrogen-bond donors (Lipinski definition) is 1. The molecule has 3 rings (SSSR count). The van der Waals surface area contributed by atoms with Crippen molar-refractivity contribution in [3.05, 3.63) is 76.3 Å². The van der Waals surface area contributed by atoms with E-state index in [9.17, 15) is 30.8 Å². The van der Waals surface area contributed by atoms with Crippen LogP contribution in [0.3, 0.4) is 0 Å². The van der Waals surface area contributed by atoms with Crippen LogP contribution in [0.25, 0.3) is 11.1 Å². The molecule has 2 aromatic carbocycles. The van der Waals surface area contributed by atoms with Crippen LogP contribution >= 0.6 is 11.6 Å². The maximum absolute atomic E-state index is 13.6. The van der Waals surface area contributed by atoms with Crippen molar-refractivity contribution in [2.75, 3.05) is 13.4 Å². The van der Waals surface area contributed by atoms with Gasteiger partial charge < -0.3 is 10.1 Å². The van der Waals surface area contributed by atoms with Gasteiger partial charge in [0.15, 0.2) is 9.84 Å². The summed E-state index contributed by atoms with van der Waals surface area (Å²) in [6.07, 6.45) is -2.77. The Labute approximate surface area is 197 Å². The molecule has 0 unspecified atom stereocenters. The minimum atomic E-state index is -4.86. The molecule has 0 saturated heterocycles. The van der Waals surface area contributed by atoms with E-state index in [0.717, 1.165) is 18.4 Å². The highest BCUT2D eigenvalue weighted by molar-refractivity contribution is 7.90. The first-order valence-corrected chi connectivity index (χ1v) is 11.8. The summed E-state index contributed by atoms with van der Waals surface area (Å²) < 4.78 is 82.2. The number of aromatic nitrogens is 1. The van der Waals surface area contributed by atoms with Crippen molar-refractivity contribution < 1.29 is 35.5 Å². The fourth-order valence-electron chi connectivity index (χ4n) is 3.12. The standard InChI is InChI=1S/C22H17ClF4N2O4S/c1-33-19-8-15(24)3-4-17(19)18-9-20(23)28-10-13(18)11-29-21(30)12-5-14(22(25,26)27)7-16(6-12)34(2,31)32/h3-10H,11H2,1-2H3,(H,29,30). The zero-order valence-corrected chi connectivity index (χ0v) is 19.3. The summed E-state index contributed by atoms with van der Waals surface area (Å²) in [5.41, 5.74) is -0.476. The SMILES string of the molecule is COc1cc(F)ccc1-c1cc(Cl)ncc1CNC(=O)c1cc(C(F)(F)F)cc(S(C)(=O)=O)c1. The van der Waals surface area contributed by atoms with Crippen LogP contribution in [0.4, 0.5) is 17.6 Å². The number of nitrogens with one attached hydrogen (secondary N) is 1. The molecule has 0 bridgehead atoms. The van der Waals surface area contributed by atoms with Crippen LogP contribution in [-0.2, 0) is 22.6 Å². The molecule has 0 fully saturated rings. The van der Waals surface area contributed by atoms with E-state index in [1.165, 1.54) is 31.5 Å². The second-order valence-electron chi connectivity index (χ2n) is 7.21. The fraction of sp³-hybridized carbons (Fsp3) is 0.182. The molecule has 0 atom stereocenters. The minimum absolute atomic E-state index is 0.104. The van der Waals surface area contributed by atoms with E-state index in [2.05, 4.69) is 10.3 Å². The zero-order valence-electron chi connectivity index (χ0n) is 17.7. The number of ether oxygens (including phenoxy) is 1. The Balaban J connectivity index is 1.96. The number of halogens is 5. The second kappa shape index (κ2) is 9.59. The summed E-state index contributed by atoms with van der Waals surface area (Å²) in [5, 5.41) is 2.56. The van der Waals surface area contributed by atoms with Crippen molar-refractivity contribution >= 4 is 27.3 Å². The molecule has 1 N–H and O–H groups in total. The Bertz CT molecular complexity index is 1360. The molecule has 34 heavy (non-hydrogen) atoms. The van der Waals surface area contributed by atoms with Crippen LogP contribution in [0.5, 0.6) is 5.75 Å². The van der Waals surface area contributed by atoms with Gasteiger partial charge in [0.25, 0.3) is 5.91 Å². The normalized spacial score (nSPS) is 11.9. The van der Waals surface area contributed by atoms with E-state index in [1.54, 1.807) is 0 Å². The van der Waals surface area contributed by atoms with Gasteiger partial charge in [0.05, 0.1) is 17.6 Å². The molecule has 180 valence electrons. The lowest BCUT2D eigenvalue weighted by Gasteiger charge is -2.15. The van der Waals surface area contributed by atoms with Gasteiger partial charge in [-0.15, -0.1) is 0 Å². The number of pyridine rings is 1. The van der Waals surface area contributed by atoms with E-state index in [-0.39, 0.29) is 17.4 Å². The van der Waals surface area contributed by atoms with Gasteiger partial charge >= 0.3 is 6.18 Å². The molecule has 0 radical (unpaired) electrons. The molecule has 0 aliphatic carbocycles. The predicted octanol–water partition coefficient (Wildman–Crippen LogP) is 4.90. The number of rotatable bonds is 6. The molecule has 12 heteroatoms. The third kappa shape index (κ3) is 5.84. The van der Waals surface area contributed by atoms with Crippen LogP contribution in [-0.4, -0.2) is 32.7 Å². The summed E-state index contributed by atoms with van der Waals surface area (Å²) in [5.74, 6) is -1.30. The first-order valence-electron chi connectivity index (χ1n) is 9.48. The highest BCUT2D eigenvalue weighted by atomic mass is 35.5. The van der Waals surface area contributed by atoms with Crippen molar-refractivity contribution in [3.8, 4) is 16.9 Å². The van der Waals surface area contributed by atoms with Gasteiger partial charge in [-0.1, -0.05) is 11.6 Å². The van der Waals surface area contributed by atoms with Crippen molar-refractivity contribution in [3.63, 3.8) is 0 Å². The van der Waals surface area contributed by atoms with E-state index >= 15 is 0 Å². The number of carbonyl (C=O) groups is 1. The molecule has 1 aromatic heterocycles. The molecule has 6 nitrogen and oxygen atoms in total. The molecule has 0 saturated carbocycles. The number of alkyl halides is 3. The average molecular weight is 517 g/mol. The highest BCUT2D eigenvalue weighted by Crippen LogP contribution is 2.34. The van der Waals surface area contributed by atoms with Crippen LogP contribution in [0.2, 0.25) is 5.15 Å². The Morgan fingerprint density at radius 2 is 1.82 bits per heavy atom.